The van der Waals surface area contributed by atoms with Gasteiger partial charge < -0.3 is 10.1 Å². The summed E-state index contributed by atoms with van der Waals surface area (Å²) in [5.41, 5.74) is 0.895. The van der Waals surface area contributed by atoms with Crippen LogP contribution in [0.5, 0.6) is 0 Å². The van der Waals surface area contributed by atoms with Gasteiger partial charge in [-0.15, -0.1) is 5.10 Å². The van der Waals surface area contributed by atoms with Crippen molar-refractivity contribution in [1.82, 2.24) is 20.3 Å². The number of aromatic nitrogens is 3. The molecule has 1 N–H and O–H groups in total. The molecule has 5 nitrogen and oxygen atoms in total. The number of hydrogen-bond acceptors (Lipinski definition) is 4. The third-order valence-electron chi connectivity index (χ3n) is 1.88. The van der Waals surface area contributed by atoms with Gasteiger partial charge in [-0.2, -0.15) is 0 Å². The van der Waals surface area contributed by atoms with E-state index in [9.17, 15) is 0 Å². The number of likely N-dealkylation sites (N-methyl/N-ethyl adjacent to an activating group) is 1. The van der Waals surface area contributed by atoms with Crippen molar-refractivity contribution < 1.29 is 4.74 Å². The number of ether oxygens (including phenoxy) is 1. The van der Waals surface area contributed by atoms with Crippen LogP contribution in [-0.2, 0) is 17.9 Å². The summed E-state index contributed by atoms with van der Waals surface area (Å²) in [6.45, 7) is 7.33. The van der Waals surface area contributed by atoms with Gasteiger partial charge in [0.25, 0.3) is 0 Å². The smallest absolute Gasteiger partial charge is 0.108 e. The Morgan fingerprint density at radius 2 is 2.33 bits per heavy atom. The molecule has 15 heavy (non-hydrogen) atoms. The number of nitrogens with one attached hydrogen (secondary N) is 1. The second kappa shape index (κ2) is 6.53. The zero-order valence-corrected chi connectivity index (χ0v) is 9.73. The van der Waals surface area contributed by atoms with Crippen molar-refractivity contribution in [2.24, 2.45) is 5.92 Å². The number of hydrogen-bond donors (Lipinski definition) is 1. The van der Waals surface area contributed by atoms with Gasteiger partial charge in [-0.1, -0.05) is 19.1 Å². The molecule has 86 valence electrons. The van der Waals surface area contributed by atoms with E-state index in [2.05, 4.69) is 29.5 Å². The third-order valence-corrected chi connectivity index (χ3v) is 1.88. The van der Waals surface area contributed by atoms with Gasteiger partial charge in [-0.05, 0) is 13.0 Å². The summed E-state index contributed by atoms with van der Waals surface area (Å²) in [4.78, 5) is 0. The van der Waals surface area contributed by atoms with Gasteiger partial charge >= 0.3 is 0 Å². The van der Waals surface area contributed by atoms with Crippen LogP contribution in [0.1, 0.15) is 19.5 Å². The highest BCUT2D eigenvalue weighted by Crippen LogP contribution is 2.00. The number of rotatable bonds is 7. The fraction of sp³-hybridized carbons (Fsp3) is 0.800. The molecule has 0 unspecified atom stereocenters. The summed E-state index contributed by atoms with van der Waals surface area (Å²) in [5, 5.41) is 11.1. The Hall–Kier alpha value is -0.940. The Bertz CT molecular complexity index is 272. The van der Waals surface area contributed by atoms with Crippen molar-refractivity contribution >= 4 is 0 Å². The lowest BCUT2D eigenvalue weighted by molar-refractivity contribution is 0.121. The van der Waals surface area contributed by atoms with Crippen LogP contribution in [0, 0.1) is 5.92 Å². The summed E-state index contributed by atoms with van der Waals surface area (Å²) >= 11 is 0. The first-order chi connectivity index (χ1) is 7.22. The minimum absolute atomic E-state index is 0.541. The van der Waals surface area contributed by atoms with Crippen molar-refractivity contribution in [1.29, 1.82) is 0 Å². The van der Waals surface area contributed by atoms with Crippen molar-refractivity contribution in [3.8, 4) is 0 Å². The van der Waals surface area contributed by atoms with Crippen LogP contribution in [-0.4, -0.2) is 35.2 Å². The molecule has 0 saturated carbocycles. The predicted octanol–water partition coefficient (Wildman–Crippen LogP) is 0.670. The molecule has 0 aliphatic heterocycles. The Balaban J connectivity index is 2.26. The van der Waals surface area contributed by atoms with Gasteiger partial charge in [0.2, 0.25) is 0 Å². The van der Waals surface area contributed by atoms with Gasteiger partial charge in [0.05, 0.1) is 19.4 Å². The lowest BCUT2D eigenvalue weighted by Gasteiger charge is -2.02. The average Bonchev–Trinajstić information content (AvgIpc) is 2.59. The van der Waals surface area contributed by atoms with Crippen LogP contribution >= 0.6 is 0 Å². The fourth-order valence-electron chi connectivity index (χ4n) is 1.22. The predicted molar refractivity (Wildman–Crippen MR) is 58.4 cm³/mol. The highest BCUT2D eigenvalue weighted by molar-refractivity contribution is 4.89. The summed E-state index contributed by atoms with van der Waals surface area (Å²) in [6.07, 6.45) is 1.94. The maximum absolute atomic E-state index is 5.40. The maximum Gasteiger partial charge on any atom is 0.108 e. The van der Waals surface area contributed by atoms with Crippen molar-refractivity contribution in [2.75, 3.05) is 20.2 Å². The maximum atomic E-state index is 5.40. The topological polar surface area (TPSA) is 52.0 Å². The molecule has 0 aliphatic rings. The molecule has 0 fully saturated rings. The average molecular weight is 212 g/mol. The normalized spacial score (nSPS) is 11.2. The zero-order chi connectivity index (χ0) is 11.1. The van der Waals surface area contributed by atoms with Gasteiger partial charge in [0, 0.05) is 13.1 Å². The minimum atomic E-state index is 0.541. The Labute approximate surface area is 90.8 Å². The van der Waals surface area contributed by atoms with Gasteiger partial charge in [-0.25, -0.2) is 0 Å². The van der Waals surface area contributed by atoms with Crippen LogP contribution in [0.4, 0.5) is 0 Å². The van der Waals surface area contributed by atoms with E-state index in [-0.39, 0.29) is 0 Å². The molecule has 0 amide bonds. The summed E-state index contributed by atoms with van der Waals surface area (Å²) in [5.74, 6) is 0.588. The fourth-order valence-corrected chi connectivity index (χ4v) is 1.22. The molecule has 0 bridgehead atoms. The van der Waals surface area contributed by atoms with Crippen LogP contribution in [0.15, 0.2) is 6.20 Å². The lowest BCUT2D eigenvalue weighted by Crippen LogP contribution is -2.14. The van der Waals surface area contributed by atoms with Crippen molar-refractivity contribution in [3.05, 3.63) is 11.9 Å². The van der Waals surface area contributed by atoms with E-state index < -0.39 is 0 Å². The van der Waals surface area contributed by atoms with E-state index in [1.54, 1.807) is 0 Å². The second-order valence-electron chi connectivity index (χ2n) is 3.98. The molecule has 0 aromatic carbocycles. The molecule has 0 atom stereocenters. The zero-order valence-electron chi connectivity index (χ0n) is 9.73. The van der Waals surface area contributed by atoms with Gasteiger partial charge in [0.15, 0.2) is 0 Å². The van der Waals surface area contributed by atoms with Gasteiger partial charge in [-0.3, -0.25) is 4.68 Å². The van der Waals surface area contributed by atoms with Crippen molar-refractivity contribution in [3.63, 3.8) is 0 Å². The summed E-state index contributed by atoms with van der Waals surface area (Å²) in [6, 6.07) is 0. The van der Waals surface area contributed by atoms with Crippen LogP contribution < -0.4 is 5.32 Å². The van der Waals surface area contributed by atoms with E-state index in [0.29, 0.717) is 19.1 Å². The lowest BCUT2D eigenvalue weighted by atomic mass is 10.2. The van der Waals surface area contributed by atoms with E-state index in [0.717, 1.165) is 18.8 Å². The van der Waals surface area contributed by atoms with E-state index in [1.165, 1.54) is 0 Å². The molecule has 0 aliphatic carbocycles. The Morgan fingerprint density at radius 3 is 3.00 bits per heavy atom. The first-order valence-corrected chi connectivity index (χ1v) is 5.33. The SMILES string of the molecule is CNCCOCc1cn(CC(C)C)nn1. The molecule has 0 spiro atoms. The highest BCUT2D eigenvalue weighted by atomic mass is 16.5. The summed E-state index contributed by atoms with van der Waals surface area (Å²) < 4.78 is 7.26. The molecule has 1 aromatic heterocycles. The molecule has 1 aromatic rings. The molecule has 1 heterocycles. The van der Waals surface area contributed by atoms with Crippen LogP contribution in [0.25, 0.3) is 0 Å². The standard InChI is InChI=1S/C10H20N4O/c1-9(2)6-14-7-10(12-13-14)8-15-5-4-11-3/h7,9,11H,4-6,8H2,1-3H3. The molecular weight excluding hydrogens is 192 g/mol. The quantitative estimate of drug-likeness (QED) is 0.675. The Morgan fingerprint density at radius 1 is 1.53 bits per heavy atom. The molecule has 0 saturated heterocycles. The largest absolute Gasteiger partial charge is 0.374 e. The molecule has 1 rings (SSSR count). The number of nitrogens with zero attached hydrogens (tertiary/aromatic N) is 3. The second-order valence-corrected chi connectivity index (χ2v) is 3.98. The molecular formula is C10H20N4O. The third kappa shape index (κ3) is 4.90. The van der Waals surface area contributed by atoms with E-state index in [1.807, 2.05) is 17.9 Å². The first kappa shape index (κ1) is 12.1. The van der Waals surface area contributed by atoms with E-state index >= 15 is 0 Å². The molecule has 5 heteroatoms. The summed E-state index contributed by atoms with van der Waals surface area (Å²) in [7, 11) is 1.91. The highest BCUT2D eigenvalue weighted by Gasteiger charge is 2.02. The van der Waals surface area contributed by atoms with Gasteiger partial charge in [0.1, 0.15) is 5.69 Å². The first-order valence-electron chi connectivity index (χ1n) is 5.33. The minimum Gasteiger partial charge on any atom is -0.374 e. The monoisotopic (exact) mass is 212 g/mol. The molecule has 0 radical (unpaired) electrons. The van der Waals surface area contributed by atoms with Crippen LogP contribution in [0.3, 0.4) is 0 Å². The van der Waals surface area contributed by atoms with Crippen molar-refractivity contribution in [2.45, 2.75) is 27.0 Å². The Kier molecular flexibility index (Phi) is 5.28. The van der Waals surface area contributed by atoms with E-state index in [4.69, 9.17) is 4.74 Å². The van der Waals surface area contributed by atoms with Crippen LogP contribution in [0.2, 0.25) is 0 Å².